The third kappa shape index (κ3) is 6.38. The largest absolute Gasteiger partial charge is 0.519 e. The number of rotatable bonds is 9. The Hall–Kier alpha value is -2.96. The molecule has 4 atom stereocenters. The molecule has 0 amide bonds. The molecule has 2 fully saturated rings. The number of ether oxygens (including phenoxy) is 1. The van der Waals surface area contributed by atoms with Gasteiger partial charge in [0.1, 0.15) is 18.3 Å². The van der Waals surface area contributed by atoms with Gasteiger partial charge < -0.3 is 33.0 Å². The predicted molar refractivity (Wildman–Crippen MR) is 212 cm³/mol. The Labute approximate surface area is 311 Å². The minimum atomic E-state index is -3.09. The van der Waals surface area contributed by atoms with E-state index in [1.54, 1.807) is 10.9 Å². The van der Waals surface area contributed by atoms with Crippen molar-refractivity contribution in [1.82, 2.24) is 19.5 Å². The number of nitrogens with zero attached hydrogens (tertiary/aromatic N) is 4. The molecule has 4 heterocycles. The van der Waals surface area contributed by atoms with E-state index in [1.165, 1.54) is 0 Å². The smallest absolute Gasteiger partial charge is 0.335 e. The molecule has 0 bridgehead atoms. The van der Waals surface area contributed by atoms with E-state index in [2.05, 4.69) is 110 Å². The van der Waals surface area contributed by atoms with Crippen LogP contribution in [0, 0.1) is 0 Å². The van der Waals surface area contributed by atoms with Crippen LogP contribution in [0.3, 0.4) is 0 Å². The van der Waals surface area contributed by atoms with E-state index in [0.29, 0.717) is 11.2 Å². The summed E-state index contributed by atoms with van der Waals surface area (Å²) in [4.78, 5) is 14.1. The molecule has 6 rings (SSSR count). The van der Waals surface area contributed by atoms with E-state index in [1.807, 2.05) is 36.4 Å². The summed E-state index contributed by atoms with van der Waals surface area (Å²) >= 11 is 0. The van der Waals surface area contributed by atoms with E-state index in [-0.39, 0.29) is 45.6 Å². The highest BCUT2D eigenvalue weighted by molar-refractivity contribution is 7.00. The van der Waals surface area contributed by atoms with Gasteiger partial charge in [-0.3, -0.25) is 4.57 Å². The molecule has 14 heteroatoms. The highest BCUT2D eigenvalue weighted by atomic mass is 28.5. The number of nitrogen functional groups attached to an aromatic ring is 1. The molecular weight excluding hydrogens is 707 g/mol. The molecule has 282 valence electrons. The Balaban J connectivity index is 1.44. The van der Waals surface area contributed by atoms with Crippen LogP contribution in [0.4, 0.5) is 5.95 Å². The zero-order valence-electron chi connectivity index (χ0n) is 32.5. The lowest BCUT2D eigenvalue weighted by Gasteiger charge is -2.51. The van der Waals surface area contributed by atoms with Crippen LogP contribution in [0.15, 0.2) is 67.0 Å². The van der Waals surface area contributed by atoms with E-state index in [9.17, 15) is 5.11 Å². The fourth-order valence-corrected chi connectivity index (χ4v) is 23.9. The van der Waals surface area contributed by atoms with Crippen molar-refractivity contribution in [3.8, 4) is 5.88 Å². The molecule has 2 aromatic carbocycles. The molecule has 0 saturated carbocycles. The summed E-state index contributed by atoms with van der Waals surface area (Å²) in [6.45, 7) is 24.3. The fraction of sp³-hybridized carbons (Fsp3) is 0.553. The number of anilines is 1. The van der Waals surface area contributed by atoms with Gasteiger partial charge in [-0.2, -0.15) is 9.97 Å². The number of fused-ring (bicyclic) bond motifs is 2. The molecule has 52 heavy (non-hydrogen) atoms. The predicted octanol–water partition coefficient (Wildman–Crippen LogP) is 6.56. The van der Waals surface area contributed by atoms with Gasteiger partial charge in [-0.25, -0.2) is 4.98 Å². The Morgan fingerprint density at radius 1 is 0.846 bits per heavy atom. The van der Waals surface area contributed by atoms with Crippen molar-refractivity contribution in [1.29, 1.82) is 0 Å². The lowest BCUT2D eigenvalue weighted by molar-refractivity contribution is -0.0570. The van der Waals surface area contributed by atoms with Crippen molar-refractivity contribution < 1.29 is 27.2 Å². The highest BCUT2D eigenvalue weighted by Crippen LogP contribution is 2.49. The maximum atomic E-state index is 12.1. The van der Waals surface area contributed by atoms with Crippen molar-refractivity contribution in [2.45, 2.75) is 128 Å². The fourth-order valence-electron chi connectivity index (χ4n) is 8.33. The monoisotopic (exact) mass is 763 g/mol. The van der Waals surface area contributed by atoms with Crippen LogP contribution in [0.25, 0.3) is 11.2 Å². The number of aliphatic hydroxyl groups excluding tert-OH is 1. The molecule has 0 radical (unpaired) electrons. The molecule has 2 aliphatic rings. The summed E-state index contributed by atoms with van der Waals surface area (Å²) in [7, 11) is -8.88. The van der Waals surface area contributed by atoms with Crippen LogP contribution >= 0.6 is 0 Å². The summed E-state index contributed by atoms with van der Waals surface area (Å²) in [5, 5.41) is 14.0. The van der Waals surface area contributed by atoms with Gasteiger partial charge in [0, 0.05) is 0 Å². The molecule has 0 aliphatic carbocycles. The van der Waals surface area contributed by atoms with E-state index in [4.69, 9.17) is 32.8 Å². The molecule has 11 nitrogen and oxygen atoms in total. The van der Waals surface area contributed by atoms with E-state index >= 15 is 0 Å². The van der Waals surface area contributed by atoms with Crippen LogP contribution in [0.2, 0.25) is 27.2 Å². The molecular formula is C38H57N5O6Si3. The number of benzene rings is 2. The molecule has 2 aromatic heterocycles. The lowest BCUT2D eigenvalue weighted by Crippen LogP contribution is -2.69. The van der Waals surface area contributed by atoms with Gasteiger partial charge >= 0.3 is 25.4 Å². The first kappa shape index (κ1) is 38.8. The zero-order chi connectivity index (χ0) is 37.8. The Kier molecular flexibility index (Phi) is 10.7. The summed E-state index contributed by atoms with van der Waals surface area (Å²) in [5.74, 6) is 0.321. The number of imidazole rings is 1. The summed E-state index contributed by atoms with van der Waals surface area (Å²) in [5.41, 5.74) is 7.87. The lowest BCUT2D eigenvalue weighted by atomic mass is 10.1. The quantitative estimate of drug-likeness (QED) is 0.181. The van der Waals surface area contributed by atoms with Crippen molar-refractivity contribution in [2.24, 2.45) is 0 Å². The topological polar surface area (TPSA) is 136 Å². The molecule has 2 aliphatic heterocycles. The third-order valence-corrected chi connectivity index (χ3v) is 26.1. The van der Waals surface area contributed by atoms with Gasteiger partial charge in [0.15, 0.2) is 17.4 Å². The number of aromatic nitrogens is 4. The minimum absolute atomic E-state index is 0.0318. The third-order valence-electron chi connectivity index (χ3n) is 11.0. The Bertz CT molecular complexity index is 1780. The van der Waals surface area contributed by atoms with Gasteiger partial charge in [-0.1, -0.05) is 137 Å². The van der Waals surface area contributed by atoms with Crippen LogP contribution in [0.5, 0.6) is 5.88 Å². The number of nitrogens with two attached hydrogens (primary N) is 1. The second kappa shape index (κ2) is 14.4. The molecule has 0 spiro atoms. The minimum Gasteiger partial charge on any atom is -0.519 e. The number of aliphatic hydroxyl groups is 1. The number of hydrogen-bond acceptors (Lipinski definition) is 10. The zero-order valence-corrected chi connectivity index (χ0v) is 35.5. The maximum absolute atomic E-state index is 12.1. The van der Waals surface area contributed by atoms with Crippen molar-refractivity contribution >= 4 is 52.9 Å². The molecule has 3 N–H and O–H groups in total. The van der Waals surface area contributed by atoms with E-state index in [0.717, 1.165) is 10.4 Å². The average molecular weight is 764 g/mol. The van der Waals surface area contributed by atoms with Gasteiger partial charge in [0.05, 0.1) is 12.9 Å². The Morgan fingerprint density at radius 2 is 1.38 bits per heavy atom. The van der Waals surface area contributed by atoms with Crippen LogP contribution in [-0.4, -0.2) is 75.0 Å². The summed E-state index contributed by atoms with van der Waals surface area (Å²) in [6.07, 6.45) is -1.54. The van der Waals surface area contributed by atoms with Crippen molar-refractivity contribution in [3.05, 3.63) is 67.0 Å². The maximum Gasteiger partial charge on any atom is 0.335 e. The molecule has 2 saturated heterocycles. The summed E-state index contributed by atoms with van der Waals surface area (Å²) < 4.78 is 37.2. The second-order valence-electron chi connectivity index (χ2n) is 16.6. The van der Waals surface area contributed by atoms with Gasteiger partial charge in [0.25, 0.3) is 0 Å². The van der Waals surface area contributed by atoms with Crippen LogP contribution in [0.1, 0.15) is 82.4 Å². The van der Waals surface area contributed by atoms with Gasteiger partial charge in [0.2, 0.25) is 11.8 Å². The molecule has 4 aromatic rings. The van der Waals surface area contributed by atoms with Crippen LogP contribution in [-0.2, 0) is 17.7 Å². The van der Waals surface area contributed by atoms with Crippen LogP contribution < -0.4 is 20.5 Å². The first-order valence-electron chi connectivity index (χ1n) is 18.6. The second-order valence-corrected chi connectivity index (χ2v) is 29.7. The van der Waals surface area contributed by atoms with E-state index < -0.39 is 50.0 Å². The van der Waals surface area contributed by atoms with Gasteiger partial charge in [-0.15, -0.1) is 0 Å². The first-order chi connectivity index (χ1) is 24.5. The first-order valence-corrected chi connectivity index (χ1v) is 24.5. The van der Waals surface area contributed by atoms with Crippen molar-refractivity contribution in [3.63, 3.8) is 0 Å². The average Bonchev–Trinajstić information content (AvgIpc) is 3.62. The van der Waals surface area contributed by atoms with Crippen molar-refractivity contribution in [2.75, 3.05) is 12.3 Å². The summed E-state index contributed by atoms with van der Waals surface area (Å²) in [6, 6.07) is 20.7. The SMILES string of the molecule is CC(C)[Si]1(C(C)C)OC[C@H]2O[C@@H](n3cnc4c(O[Si](c5ccccc5)(c5ccccc5)C(C)(C)C)nc(N)nc43)[C@H](O)[C@@H]2O[Si](C(C)C)(C(C)C)O1. The standard InChI is InChI=1S/C38H57N5O6Si3/c1-24(2)51(25(3)4)45-22-30-33(47-52(49-51,26(5)6)27(7)8)32(44)36(46-30)43-23-40-31-34(43)41-37(39)42-35(31)48-50(38(9,10)11,28-18-14-12-15-19-28)29-20-16-13-17-21-29/h12-21,23-27,30,32-33,36,44H,22H2,1-11H3,(H2,39,41,42)/t30-,32-,33-,36-/m1/s1. The molecule has 0 unspecified atom stereocenters. The number of hydrogen-bond donors (Lipinski definition) is 2. The van der Waals surface area contributed by atoms with Gasteiger partial charge in [-0.05, 0) is 37.6 Å². The normalized spacial score (nSPS) is 23.7. The highest BCUT2D eigenvalue weighted by Gasteiger charge is 2.62. The Morgan fingerprint density at radius 3 is 1.88 bits per heavy atom.